The van der Waals surface area contributed by atoms with Crippen molar-refractivity contribution in [3.8, 4) is 11.1 Å². The first-order valence-corrected chi connectivity index (χ1v) is 14.0. The summed E-state index contributed by atoms with van der Waals surface area (Å²) in [5.74, 6) is 0.0439. The van der Waals surface area contributed by atoms with Gasteiger partial charge in [-0.15, -0.1) is 0 Å². The third-order valence-electron chi connectivity index (χ3n) is 6.17. The second-order valence-electron chi connectivity index (χ2n) is 9.00. The molecule has 0 spiro atoms. The molecule has 1 amide bonds. The molecule has 10 nitrogen and oxygen atoms in total. The van der Waals surface area contributed by atoms with Crippen LogP contribution in [0.5, 0.6) is 0 Å². The maximum absolute atomic E-state index is 12.2. The third-order valence-corrected chi connectivity index (χ3v) is 6.17. The number of hydrogen-bond acceptors (Lipinski definition) is 9. The number of alkyl carbamates (subject to hydrolysis) is 1. The Bertz CT molecular complexity index is 913. The van der Waals surface area contributed by atoms with Gasteiger partial charge in [-0.3, -0.25) is 0 Å². The molecule has 1 aliphatic rings. The standard InChI is InChI=1S/C30H43NO9/c32-11-5-12-34-14-16-36-18-20-38-22-23-39-21-19-37-17-15-35-13-10-31-30(33)40-24-29-27-8-3-1-6-25(27)26-7-2-4-9-28(26)29/h1-4,6-9,29,32H,5,10-24H2,(H,31,33). The number of amides is 1. The Hall–Kier alpha value is -2.57. The summed E-state index contributed by atoms with van der Waals surface area (Å²) in [4.78, 5) is 12.2. The average Bonchev–Trinajstić information content (AvgIpc) is 3.30. The van der Waals surface area contributed by atoms with Crippen molar-refractivity contribution in [3.05, 3.63) is 59.7 Å². The van der Waals surface area contributed by atoms with Crippen LogP contribution in [0.4, 0.5) is 4.79 Å². The highest BCUT2D eigenvalue weighted by molar-refractivity contribution is 5.79. The van der Waals surface area contributed by atoms with Gasteiger partial charge in [-0.2, -0.15) is 0 Å². The fraction of sp³-hybridized carbons (Fsp3) is 0.567. The van der Waals surface area contributed by atoms with Gasteiger partial charge in [0.25, 0.3) is 0 Å². The van der Waals surface area contributed by atoms with Crippen LogP contribution < -0.4 is 5.32 Å². The summed E-state index contributed by atoms with van der Waals surface area (Å²) < 4.78 is 38.0. The lowest BCUT2D eigenvalue weighted by Crippen LogP contribution is -2.29. The quantitative estimate of drug-likeness (QED) is 0.198. The zero-order valence-electron chi connectivity index (χ0n) is 23.2. The smallest absolute Gasteiger partial charge is 0.407 e. The summed E-state index contributed by atoms with van der Waals surface area (Å²) in [5, 5.41) is 11.4. The molecule has 0 aliphatic heterocycles. The second kappa shape index (κ2) is 20.3. The first-order valence-electron chi connectivity index (χ1n) is 14.0. The molecule has 0 fully saturated rings. The molecular weight excluding hydrogens is 518 g/mol. The van der Waals surface area contributed by atoms with E-state index in [2.05, 4.69) is 29.6 Å². The van der Waals surface area contributed by atoms with E-state index in [1.54, 1.807) is 0 Å². The maximum atomic E-state index is 12.2. The molecule has 40 heavy (non-hydrogen) atoms. The average molecular weight is 562 g/mol. The van der Waals surface area contributed by atoms with Gasteiger partial charge in [-0.25, -0.2) is 4.79 Å². The molecule has 2 aromatic carbocycles. The first-order chi connectivity index (χ1) is 19.8. The molecule has 0 heterocycles. The van der Waals surface area contributed by atoms with Crippen molar-refractivity contribution < 1.29 is 43.1 Å². The number of benzene rings is 2. The van der Waals surface area contributed by atoms with Gasteiger partial charge in [0.1, 0.15) is 6.61 Å². The summed E-state index contributed by atoms with van der Waals surface area (Å²) in [7, 11) is 0. The Kier molecular flexibility index (Phi) is 16.2. The minimum Gasteiger partial charge on any atom is -0.449 e. The second-order valence-corrected chi connectivity index (χ2v) is 9.00. The highest BCUT2D eigenvalue weighted by atomic mass is 16.6. The van der Waals surface area contributed by atoms with Crippen molar-refractivity contribution >= 4 is 6.09 Å². The lowest BCUT2D eigenvalue weighted by molar-refractivity contribution is -0.0169. The first kappa shape index (κ1) is 32.0. The van der Waals surface area contributed by atoms with E-state index in [0.717, 1.165) is 0 Å². The summed E-state index contributed by atoms with van der Waals surface area (Å²) >= 11 is 0. The van der Waals surface area contributed by atoms with E-state index < -0.39 is 6.09 Å². The molecule has 1 aliphatic carbocycles. The van der Waals surface area contributed by atoms with Crippen LogP contribution in [0.3, 0.4) is 0 Å². The van der Waals surface area contributed by atoms with Crippen LogP contribution in [0.15, 0.2) is 48.5 Å². The van der Waals surface area contributed by atoms with Gasteiger partial charge in [0.2, 0.25) is 0 Å². The number of carbonyl (C=O) groups is 1. The zero-order valence-corrected chi connectivity index (χ0v) is 23.2. The van der Waals surface area contributed by atoms with E-state index in [1.807, 2.05) is 24.3 Å². The van der Waals surface area contributed by atoms with Crippen LogP contribution in [0.2, 0.25) is 0 Å². The normalized spacial score (nSPS) is 12.3. The van der Waals surface area contributed by atoms with Crippen LogP contribution in [0.25, 0.3) is 11.1 Å². The number of hydrogen-bond donors (Lipinski definition) is 2. The Balaban J connectivity index is 1.07. The van der Waals surface area contributed by atoms with Crippen LogP contribution in [0, 0.1) is 0 Å². The Morgan fingerprint density at radius 1 is 0.625 bits per heavy atom. The molecule has 3 rings (SSSR count). The minimum atomic E-state index is -0.449. The van der Waals surface area contributed by atoms with Crippen LogP contribution in [0.1, 0.15) is 23.5 Å². The Morgan fingerprint density at radius 2 is 1.05 bits per heavy atom. The summed E-state index contributed by atoms with van der Waals surface area (Å²) in [6.45, 7) is 6.60. The molecular formula is C30H43NO9. The van der Waals surface area contributed by atoms with Gasteiger partial charge in [0.05, 0.1) is 72.7 Å². The van der Waals surface area contributed by atoms with Crippen molar-refractivity contribution in [1.29, 1.82) is 0 Å². The van der Waals surface area contributed by atoms with Crippen molar-refractivity contribution in [1.82, 2.24) is 5.32 Å². The molecule has 0 bridgehead atoms. The number of fused-ring (bicyclic) bond motifs is 3. The lowest BCUT2D eigenvalue weighted by Gasteiger charge is -2.14. The molecule has 2 aromatic rings. The lowest BCUT2D eigenvalue weighted by atomic mass is 9.98. The van der Waals surface area contributed by atoms with Gasteiger partial charge in [0, 0.05) is 25.7 Å². The van der Waals surface area contributed by atoms with Crippen molar-refractivity contribution in [2.24, 2.45) is 0 Å². The molecule has 2 N–H and O–H groups in total. The molecule has 0 radical (unpaired) electrons. The van der Waals surface area contributed by atoms with Crippen molar-refractivity contribution in [2.75, 3.05) is 99.0 Å². The Labute approximate surface area is 236 Å². The fourth-order valence-corrected chi connectivity index (χ4v) is 4.24. The Morgan fingerprint density at radius 3 is 1.52 bits per heavy atom. The fourth-order valence-electron chi connectivity index (χ4n) is 4.24. The molecule has 0 saturated heterocycles. The molecule has 10 heteroatoms. The van der Waals surface area contributed by atoms with E-state index in [-0.39, 0.29) is 12.5 Å². The zero-order chi connectivity index (χ0) is 28.1. The molecule has 0 saturated carbocycles. The summed E-state index contributed by atoms with van der Waals surface area (Å²) in [5.41, 5.74) is 4.78. The predicted octanol–water partition coefficient (Wildman–Crippen LogP) is 3.01. The monoisotopic (exact) mass is 561 g/mol. The highest BCUT2D eigenvalue weighted by Gasteiger charge is 2.28. The summed E-state index contributed by atoms with van der Waals surface area (Å²) in [6.07, 6.45) is 0.197. The predicted molar refractivity (Wildman–Crippen MR) is 150 cm³/mol. The van der Waals surface area contributed by atoms with Gasteiger partial charge >= 0.3 is 6.09 Å². The highest BCUT2D eigenvalue weighted by Crippen LogP contribution is 2.44. The number of aliphatic hydroxyl groups is 1. The van der Waals surface area contributed by atoms with Crippen LogP contribution in [-0.2, 0) is 33.2 Å². The van der Waals surface area contributed by atoms with Crippen LogP contribution in [-0.4, -0.2) is 110 Å². The number of carbonyl (C=O) groups excluding carboxylic acids is 1. The molecule has 222 valence electrons. The van der Waals surface area contributed by atoms with Gasteiger partial charge in [-0.05, 0) is 28.7 Å². The van der Waals surface area contributed by atoms with Crippen LogP contribution >= 0.6 is 0 Å². The number of aliphatic hydroxyl groups excluding tert-OH is 1. The van der Waals surface area contributed by atoms with Crippen molar-refractivity contribution in [3.63, 3.8) is 0 Å². The third kappa shape index (κ3) is 11.9. The minimum absolute atomic E-state index is 0.0439. The van der Waals surface area contributed by atoms with E-state index >= 15 is 0 Å². The topological polar surface area (TPSA) is 114 Å². The van der Waals surface area contributed by atoms with Crippen molar-refractivity contribution in [2.45, 2.75) is 12.3 Å². The summed E-state index contributed by atoms with van der Waals surface area (Å²) in [6, 6.07) is 16.5. The number of ether oxygens (including phenoxy) is 7. The molecule has 0 atom stereocenters. The maximum Gasteiger partial charge on any atom is 0.407 e. The number of nitrogens with one attached hydrogen (secondary N) is 1. The van der Waals surface area contributed by atoms with Gasteiger partial charge < -0.3 is 43.6 Å². The van der Waals surface area contributed by atoms with E-state index in [0.29, 0.717) is 98.9 Å². The van der Waals surface area contributed by atoms with E-state index in [4.69, 9.17) is 38.3 Å². The largest absolute Gasteiger partial charge is 0.449 e. The number of rotatable bonds is 23. The van der Waals surface area contributed by atoms with E-state index in [1.165, 1.54) is 22.3 Å². The molecule has 0 aromatic heterocycles. The molecule has 0 unspecified atom stereocenters. The SMILES string of the molecule is O=C(NCCOCCOCCOCCOCCOCCOCCCO)OCC1c2ccccc2-c2ccccc21. The van der Waals surface area contributed by atoms with Gasteiger partial charge in [-0.1, -0.05) is 48.5 Å². The van der Waals surface area contributed by atoms with Gasteiger partial charge in [0.15, 0.2) is 0 Å². The van der Waals surface area contributed by atoms with E-state index in [9.17, 15) is 4.79 Å².